The molecule has 0 unspecified atom stereocenters. The number of nitrogens with zero attached hydrogens (tertiary/aromatic N) is 2. The fourth-order valence-corrected chi connectivity index (χ4v) is 4.26. The van der Waals surface area contributed by atoms with Gasteiger partial charge in [-0.25, -0.2) is 8.42 Å². The van der Waals surface area contributed by atoms with Crippen molar-refractivity contribution in [1.29, 1.82) is 0 Å². The van der Waals surface area contributed by atoms with Crippen LogP contribution in [0.2, 0.25) is 0 Å². The first-order valence-corrected chi connectivity index (χ1v) is 11.0. The van der Waals surface area contributed by atoms with E-state index in [0.717, 1.165) is 11.3 Å². The molecule has 0 radical (unpaired) electrons. The molecule has 9 nitrogen and oxygen atoms in total. The Kier molecular flexibility index (Phi) is 6.88. The Hall–Kier alpha value is -2.43. The number of aryl methyl sites for hydroxylation is 2. The standard InChI is InChI=1S/C19H25N3O6S/c1-14-18(15(2)28-21-14)13-27-17-5-3-4-16(12-17)19(23)20-6-11-29(24,25)22-7-9-26-10-8-22/h3-5,12H,6-11,13H2,1-2H3,(H,20,23). The predicted molar refractivity (Wildman–Crippen MR) is 105 cm³/mol. The normalized spacial score (nSPS) is 15.2. The molecular formula is C19H25N3O6S. The summed E-state index contributed by atoms with van der Waals surface area (Å²) in [6, 6.07) is 6.72. The van der Waals surface area contributed by atoms with Crippen LogP contribution in [-0.2, 0) is 21.4 Å². The molecule has 2 aromatic rings. The topological polar surface area (TPSA) is 111 Å². The van der Waals surface area contributed by atoms with Crippen molar-refractivity contribution >= 4 is 15.9 Å². The van der Waals surface area contributed by atoms with E-state index in [-0.39, 0.29) is 24.8 Å². The summed E-state index contributed by atoms with van der Waals surface area (Å²) in [6.07, 6.45) is 0. The minimum absolute atomic E-state index is 0.0304. The molecule has 158 valence electrons. The van der Waals surface area contributed by atoms with Gasteiger partial charge < -0.3 is 19.3 Å². The van der Waals surface area contributed by atoms with Gasteiger partial charge in [-0.2, -0.15) is 4.31 Å². The second kappa shape index (κ2) is 9.38. The lowest BCUT2D eigenvalue weighted by atomic mass is 10.2. The number of benzene rings is 1. The summed E-state index contributed by atoms with van der Waals surface area (Å²) < 4.78 is 42.0. The number of hydrogen-bond donors (Lipinski definition) is 1. The summed E-state index contributed by atoms with van der Waals surface area (Å²) >= 11 is 0. The molecular weight excluding hydrogens is 398 g/mol. The van der Waals surface area contributed by atoms with E-state index in [1.165, 1.54) is 4.31 Å². The lowest BCUT2D eigenvalue weighted by Gasteiger charge is -2.26. The third-order valence-electron chi connectivity index (χ3n) is 4.67. The van der Waals surface area contributed by atoms with Crippen molar-refractivity contribution in [2.75, 3.05) is 38.6 Å². The molecule has 29 heavy (non-hydrogen) atoms. The number of amides is 1. The summed E-state index contributed by atoms with van der Waals surface area (Å²) in [5.74, 6) is 0.711. The highest BCUT2D eigenvalue weighted by Gasteiger charge is 2.24. The maximum atomic E-state index is 12.4. The number of rotatable bonds is 8. The van der Waals surface area contributed by atoms with Crippen molar-refractivity contribution in [3.05, 3.63) is 46.8 Å². The predicted octanol–water partition coefficient (Wildman–Crippen LogP) is 1.26. The number of carbonyl (C=O) groups is 1. The Morgan fingerprint density at radius 1 is 1.28 bits per heavy atom. The third-order valence-corrected chi connectivity index (χ3v) is 6.54. The van der Waals surface area contributed by atoms with Gasteiger partial charge in [0.2, 0.25) is 10.0 Å². The Morgan fingerprint density at radius 2 is 2.03 bits per heavy atom. The average Bonchev–Trinajstić information content (AvgIpc) is 3.04. The van der Waals surface area contributed by atoms with Gasteiger partial charge in [0.05, 0.1) is 30.2 Å². The molecule has 1 aliphatic heterocycles. The minimum atomic E-state index is -3.41. The van der Waals surface area contributed by atoms with Crippen LogP contribution in [0.3, 0.4) is 0 Å². The zero-order chi connectivity index (χ0) is 20.9. The van der Waals surface area contributed by atoms with Gasteiger partial charge in [0.25, 0.3) is 5.91 Å². The van der Waals surface area contributed by atoms with E-state index < -0.39 is 10.0 Å². The Bertz CT molecular complexity index is 931. The molecule has 2 heterocycles. The van der Waals surface area contributed by atoms with Crippen LogP contribution in [0.1, 0.15) is 27.4 Å². The Balaban J connectivity index is 1.52. The van der Waals surface area contributed by atoms with Crippen LogP contribution < -0.4 is 10.1 Å². The van der Waals surface area contributed by atoms with Gasteiger partial charge in [-0.05, 0) is 32.0 Å². The zero-order valence-corrected chi connectivity index (χ0v) is 17.3. The molecule has 1 N–H and O–H groups in total. The highest BCUT2D eigenvalue weighted by Crippen LogP contribution is 2.18. The summed E-state index contributed by atoms with van der Waals surface area (Å²) in [6.45, 7) is 5.45. The number of morpholine rings is 1. The van der Waals surface area contributed by atoms with Crippen LogP contribution in [-0.4, -0.2) is 62.4 Å². The van der Waals surface area contributed by atoms with E-state index in [1.807, 2.05) is 13.8 Å². The summed E-state index contributed by atoms with van der Waals surface area (Å²) in [4.78, 5) is 12.4. The van der Waals surface area contributed by atoms with Crippen molar-refractivity contribution in [2.45, 2.75) is 20.5 Å². The molecule has 3 rings (SSSR count). The van der Waals surface area contributed by atoms with Crippen LogP contribution in [0.4, 0.5) is 0 Å². The van der Waals surface area contributed by atoms with Crippen molar-refractivity contribution in [3.8, 4) is 5.75 Å². The second-order valence-electron chi connectivity index (χ2n) is 6.70. The minimum Gasteiger partial charge on any atom is -0.489 e. The molecule has 1 aromatic heterocycles. The highest BCUT2D eigenvalue weighted by atomic mass is 32.2. The number of aromatic nitrogens is 1. The third kappa shape index (κ3) is 5.55. The first-order chi connectivity index (χ1) is 13.9. The molecule has 1 aromatic carbocycles. The van der Waals surface area contributed by atoms with E-state index in [0.29, 0.717) is 43.4 Å². The molecule has 0 aliphatic carbocycles. The van der Waals surface area contributed by atoms with Gasteiger partial charge in [-0.3, -0.25) is 4.79 Å². The van der Waals surface area contributed by atoms with Crippen LogP contribution in [0.25, 0.3) is 0 Å². The Morgan fingerprint density at radius 3 is 2.72 bits per heavy atom. The smallest absolute Gasteiger partial charge is 0.251 e. The van der Waals surface area contributed by atoms with Crippen LogP contribution in [0.15, 0.2) is 28.8 Å². The van der Waals surface area contributed by atoms with Crippen LogP contribution >= 0.6 is 0 Å². The number of nitrogens with one attached hydrogen (secondary N) is 1. The van der Waals surface area contributed by atoms with Gasteiger partial charge >= 0.3 is 0 Å². The molecule has 1 saturated heterocycles. The quantitative estimate of drug-likeness (QED) is 0.680. The fourth-order valence-electron chi connectivity index (χ4n) is 2.94. The number of ether oxygens (including phenoxy) is 2. The lowest BCUT2D eigenvalue weighted by molar-refractivity contribution is 0.0730. The summed E-state index contributed by atoms with van der Waals surface area (Å²) in [5, 5.41) is 6.54. The summed E-state index contributed by atoms with van der Waals surface area (Å²) in [5.41, 5.74) is 2.02. The number of carbonyl (C=O) groups excluding carboxylic acids is 1. The molecule has 1 fully saturated rings. The zero-order valence-electron chi connectivity index (χ0n) is 16.5. The van der Waals surface area contributed by atoms with E-state index in [1.54, 1.807) is 24.3 Å². The molecule has 10 heteroatoms. The van der Waals surface area contributed by atoms with Crippen molar-refractivity contribution in [2.24, 2.45) is 0 Å². The maximum Gasteiger partial charge on any atom is 0.251 e. The van der Waals surface area contributed by atoms with Gasteiger partial charge in [0.1, 0.15) is 18.1 Å². The molecule has 0 spiro atoms. The van der Waals surface area contributed by atoms with Gasteiger partial charge in [-0.1, -0.05) is 11.2 Å². The van der Waals surface area contributed by atoms with Crippen LogP contribution in [0.5, 0.6) is 5.75 Å². The molecule has 1 aliphatic rings. The number of sulfonamides is 1. The van der Waals surface area contributed by atoms with E-state index >= 15 is 0 Å². The second-order valence-corrected chi connectivity index (χ2v) is 8.79. The largest absolute Gasteiger partial charge is 0.489 e. The van der Waals surface area contributed by atoms with Crippen molar-refractivity contribution < 1.29 is 27.2 Å². The highest BCUT2D eigenvalue weighted by molar-refractivity contribution is 7.89. The van der Waals surface area contributed by atoms with Crippen LogP contribution in [0, 0.1) is 13.8 Å². The molecule has 0 saturated carbocycles. The average molecular weight is 423 g/mol. The molecule has 0 atom stereocenters. The SMILES string of the molecule is Cc1noc(C)c1COc1cccc(C(=O)NCCS(=O)(=O)N2CCOCC2)c1. The first kappa shape index (κ1) is 21.3. The van der Waals surface area contributed by atoms with Gasteiger partial charge in [-0.15, -0.1) is 0 Å². The molecule has 1 amide bonds. The lowest BCUT2D eigenvalue weighted by Crippen LogP contribution is -2.43. The summed E-state index contributed by atoms with van der Waals surface area (Å²) in [7, 11) is -3.41. The maximum absolute atomic E-state index is 12.4. The van der Waals surface area contributed by atoms with Crippen molar-refractivity contribution in [1.82, 2.24) is 14.8 Å². The van der Waals surface area contributed by atoms with Gasteiger partial charge in [0.15, 0.2) is 0 Å². The monoisotopic (exact) mass is 423 g/mol. The van der Waals surface area contributed by atoms with Gasteiger partial charge in [0, 0.05) is 25.2 Å². The Labute approximate surface area is 170 Å². The van der Waals surface area contributed by atoms with E-state index in [9.17, 15) is 13.2 Å². The van der Waals surface area contributed by atoms with E-state index in [4.69, 9.17) is 14.0 Å². The van der Waals surface area contributed by atoms with E-state index in [2.05, 4.69) is 10.5 Å². The first-order valence-electron chi connectivity index (χ1n) is 9.35. The fraction of sp³-hybridized carbons (Fsp3) is 0.474. The van der Waals surface area contributed by atoms with Crippen molar-refractivity contribution in [3.63, 3.8) is 0 Å². The molecule has 0 bridgehead atoms. The number of hydrogen-bond acceptors (Lipinski definition) is 7.